The Hall–Kier alpha value is -1.49. The fourth-order valence-electron chi connectivity index (χ4n) is 2.02. The average molecular weight is 292 g/mol. The SMILES string of the molecule is CSc1ccc(NC(=O)CCNC(=O)C2CC2C)cc1. The Labute approximate surface area is 123 Å². The number of amides is 2. The van der Waals surface area contributed by atoms with E-state index in [1.165, 1.54) is 0 Å². The third-order valence-corrected chi connectivity index (χ3v) is 4.21. The maximum absolute atomic E-state index is 11.7. The van der Waals surface area contributed by atoms with E-state index in [1.54, 1.807) is 11.8 Å². The lowest BCUT2D eigenvalue weighted by atomic mass is 10.3. The van der Waals surface area contributed by atoms with Gasteiger partial charge in [0.25, 0.3) is 0 Å². The molecule has 2 unspecified atom stereocenters. The number of carbonyl (C=O) groups is 2. The monoisotopic (exact) mass is 292 g/mol. The topological polar surface area (TPSA) is 58.2 Å². The van der Waals surface area contributed by atoms with Gasteiger partial charge in [-0.3, -0.25) is 9.59 Å². The van der Waals surface area contributed by atoms with Crippen LogP contribution in [-0.4, -0.2) is 24.6 Å². The number of nitrogens with one attached hydrogen (secondary N) is 2. The Bertz CT molecular complexity index is 487. The van der Waals surface area contributed by atoms with Crippen molar-refractivity contribution in [2.75, 3.05) is 18.1 Å². The molecule has 1 aliphatic rings. The van der Waals surface area contributed by atoms with Crippen LogP contribution >= 0.6 is 11.8 Å². The first-order chi connectivity index (χ1) is 9.60. The van der Waals surface area contributed by atoms with Crippen LogP contribution in [0.25, 0.3) is 0 Å². The minimum Gasteiger partial charge on any atom is -0.355 e. The molecule has 0 heterocycles. The van der Waals surface area contributed by atoms with Gasteiger partial charge in [0, 0.05) is 29.5 Å². The van der Waals surface area contributed by atoms with E-state index >= 15 is 0 Å². The van der Waals surface area contributed by atoms with Crippen LogP contribution in [0.15, 0.2) is 29.2 Å². The molecule has 1 fully saturated rings. The molecule has 2 amide bonds. The van der Waals surface area contributed by atoms with E-state index in [1.807, 2.05) is 30.5 Å². The zero-order valence-electron chi connectivity index (χ0n) is 11.8. The van der Waals surface area contributed by atoms with Crippen molar-refractivity contribution in [3.05, 3.63) is 24.3 Å². The van der Waals surface area contributed by atoms with E-state index in [9.17, 15) is 9.59 Å². The molecule has 1 aromatic carbocycles. The first kappa shape index (κ1) is 14.9. The number of carbonyl (C=O) groups excluding carboxylic acids is 2. The van der Waals surface area contributed by atoms with Crippen LogP contribution in [0.4, 0.5) is 5.69 Å². The molecule has 108 valence electrons. The summed E-state index contributed by atoms with van der Waals surface area (Å²) in [6, 6.07) is 7.70. The van der Waals surface area contributed by atoms with Crippen LogP contribution in [0.5, 0.6) is 0 Å². The van der Waals surface area contributed by atoms with Gasteiger partial charge in [0.15, 0.2) is 0 Å². The fourth-order valence-corrected chi connectivity index (χ4v) is 2.42. The van der Waals surface area contributed by atoms with Gasteiger partial charge >= 0.3 is 0 Å². The number of anilines is 1. The molecule has 0 bridgehead atoms. The highest BCUT2D eigenvalue weighted by Gasteiger charge is 2.38. The zero-order chi connectivity index (χ0) is 14.5. The van der Waals surface area contributed by atoms with Gasteiger partial charge in [-0.2, -0.15) is 0 Å². The Morgan fingerprint density at radius 3 is 2.50 bits per heavy atom. The van der Waals surface area contributed by atoms with Gasteiger partial charge < -0.3 is 10.6 Å². The van der Waals surface area contributed by atoms with E-state index in [0.29, 0.717) is 18.9 Å². The van der Waals surface area contributed by atoms with E-state index in [0.717, 1.165) is 17.0 Å². The lowest BCUT2D eigenvalue weighted by Gasteiger charge is -2.07. The summed E-state index contributed by atoms with van der Waals surface area (Å²) >= 11 is 1.66. The molecule has 5 heteroatoms. The number of rotatable bonds is 6. The molecular formula is C15H20N2O2S. The number of hydrogen-bond acceptors (Lipinski definition) is 3. The standard InChI is InChI=1S/C15H20N2O2S/c1-10-9-13(10)15(19)16-8-7-14(18)17-11-3-5-12(20-2)6-4-11/h3-6,10,13H,7-9H2,1-2H3,(H,16,19)(H,17,18). The molecule has 0 aromatic heterocycles. The van der Waals surface area contributed by atoms with Crippen molar-refractivity contribution in [2.45, 2.75) is 24.7 Å². The van der Waals surface area contributed by atoms with Crippen LogP contribution in [0.1, 0.15) is 19.8 Å². The molecule has 0 spiro atoms. The summed E-state index contributed by atoms with van der Waals surface area (Å²) in [5, 5.41) is 5.63. The summed E-state index contributed by atoms with van der Waals surface area (Å²) < 4.78 is 0. The van der Waals surface area contributed by atoms with Gasteiger partial charge in [0.05, 0.1) is 0 Å². The van der Waals surface area contributed by atoms with E-state index in [4.69, 9.17) is 0 Å². The van der Waals surface area contributed by atoms with Gasteiger partial charge in [-0.1, -0.05) is 6.92 Å². The molecular weight excluding hydrogens is 272 g/mol. The van der Waals surface area contributed by atoms with E-state index in [2.05, 4.69) is 17.6 Å². The second kappa shape index (κ2) is 6.79. The predicted octanol–water partition coefficient (Wildman–Crippen LogP) is 2.51. The molecule has 1 saturated carbocycles. The Kier molecular flexibility index (Phi) is 5.06. The van der Waals surface area contributed by atoms with Crippen molar-refractivity contribution in [1.29, 1.82) is 0 Å². The second-order valence-corrected chi connectivity index (χ2v) is 6.02. The fraction of sp³-hybridized carbons (Fsp3) is 0.467. The molecule has 20 heavy (non-hydrogen) atoms. The third kappa shape index (κ3) is 4.27. The normalized spacial score (nSPS) is 20.3. The van der Waals surface area contributed by atoms with Crippen molar-refractivity contribution < 1.29 is 9.59 Å². The summed E-state index contributed by atoms with van der Waals surface area (Å²) in [5.74, 6) is 0.664. The lowest BCUT2D eigenvalue weighted by Crippen LogP contribution is -2.29. The molecule has 1 aliphatic carbocycles. The minimum absolute atomic E-state index is 0.0777. The van der Waals surface area contributed by atoms with Crippen molar-refractivity contribution in [2.24, 2.45) is 11.8 Å². The number of thioether (sulfide) groups is 1. The second-order valence-electron chi connectivity index (χ2n) is 5.14. The lowest BCUT2D eigenvalue weighted by molar-refractivity contribution is -0.122. The van der Waals surface area contributed by atoms with Crippen molar-refractivity contribution in [1.82, 2.24) is 5.32 Å². The van der Waals surface area contributed by atoms with Gasteiger partial charge in [-0.25, -0.2) is 0 Å². The summed E-state index contributed by atoms with van der Waals surface area (Å²) in [4.78, 5) is 24.5. The highest BCUT2D eigenvalue weighted by Crippen LogP contribution is 2.37. The first-order valence-electron chi connectivity index (χ1n) is 6.81. The molecule has 0 aliphatic heterocycles. The van der Waals surface area contributed by atoms with Gasteiger partial charge in [0.1, 0.15) is 0 Å². The van der Waals surface area contributed by atoms with Gasteiger partial charge in [-0.05, 0) is 42.9 Å². The molecule has 2 N–H and O–H groups in total. The summed E-state index contributed by atoms with van der Waals surface area (Å²) in [5.41, 5.74) is 0.787. The Morgan fingerprint density at radius 1 is 1.30 bits per heavy atom. The quantitative estimate of drug-likeness (QED) is 0.792. The molecule has 0 saturated heterocycles. The van der Waals surface area contributed by atoms with Gasteiger partial charge in [-0.15, -0.1) is 11.8 Å². The molecule has 2 atom stereocenters. The van der Waals surface area contributed by atoms with Crippen molar-refractivity contribution in [3.8, 4) is 0 Å². The van der Waals surface area contributed by atoms with E-state index < -0.39 is 0 Å². The molecule has 4 nitrogen and oxygen atoms in total. The maximum atomic E-state index is 11.7. The van der Waals surface area contributed by atoms with Crippen LogP contribution in [0.3, 0.4) is 0 Å². The molecule has 0 radical (unpaired) electrons. The van der Waals surface area contributed by atoms with Crippen LogP contribution in [0, 0.1) is 11.8 Å². The third-order valence-electron chi connectivity index (χ3n) is 3.47. The summed E-state index contributed by atoms with van der Waals surface area (Å²) in [7, 11) is 0. The minimum atomic E-state index is -0.0777. The number of benzene rings is 1. The van der Waals surface area contributed by atoms with Crippen LogP contribution in [-0.2, 0) is 9.59 Å². The maximum Gasteiger partial charge on any atom is 0.226 e. The van der Waals surface area contributed by atoms with Gasteiger partial charge in [0.2, 0.25) is 11.8 Å². The average Bonchev–Trinajstić information content (AvgIpc) is 3.17. The predicted molar refractivity (Wildman–Crippen MR) is 81.8 cm³/mol. The largest absolute Gasteiger partial charge is 0.355 e. The number of hydrogen-bond donors (Lipinski definition) is 2. The van der Waals surface area contributed by atoms with Crippen molar-refractivity contribution in [3.63, 3.8) is 0 Å². The van der Waals surface area contributed by atoms with Crippen LogP contribution in [0.2, 0.25) is 0 Å². The molecule has 1 aromatic rings. The first-order valence-corrected chi connectivity index (χ1v) is 8.04. The zero-order valence-corrected chi connectivity index (χ0v) is 12.6. The van der Waals surface area contributed by atoms with Crippen LogP contribution < -0.4 is 10.6 Å². The Balaban J connectivity index is 1.68. The van der Waals surface area contributed by atoms with Crippen molar-refractivity contribution >= 4 is 29.3 Å². The highest BCUT2D eigenvalue weighted by atomic mass is 32.2. The van der Waals surface area contributed by atoms with E-state index in [-0.39, 0.29) is 17.7 Å². The molecule has 2 rings (SSSR count). The summed E-state index contributed by atoms with van der Waals surface area (Å²) in [6.07, 6.45) is 3.29. The smallest absolute Gasteiger partial charge is 0.226 e. The summed E-state index contributed by atoms with van der Waals surface area (Å²) in [6.45, 7) is 2.46. The Morgan fingerprint density at radius 2 is 1.95 bits per heavy atom. The highest BCUT2D eigenvalue weighted by molar-refractivity contribution is 7.98.